The molecule has 0 radical (unpaired) electrons. The van der Waals surface area contributed by atoms with Crippen molar-refractivity contribution in [3.63, 3.8) is 0 Å². The number of rotatable bonds is 0. The van der Waals surface area contributed by atoms with Crippen molar-refractivity contribution in [1.29, 1.82) is 0 Å². The smallest absolute Gasteiger partial charge is 0.100 e. The zero-order chi connectivity index (χ0) is 3.58. The van der Waals surface area contributed by atoms with E-state index in [4.69, 9.17) is 0 Å². The van der Waals surface area contributed by atoms with Gasteiger partial charge in [0, 0.05) is 0 Å². The summed E-state index contributed by atoms with van der Waals surface area (Å²) in [6.45, 7) is 1.42. The molecule has 0 saturated carbocycles. The lowest BCUT2D eigenvalue weighted by atomic mass is 12.0. The summed E-state index contributed by atoms with van der Waals surface area (Å²) >= 11 is 4.06. The monoisotopic (exact) mass is 98.0 g/mol. The molecule has 1 unspecified atom stereocenters. The van der Waals surface area contributed by atoms with Gasteiger partial charge in [-0.2, -0.15) is 0 Å². The highest BCUT2D eigenvalue weighted by molar-refractivity contribution is 8.02. The molecule has 0 aromatic carbocycles. The highest BCUT2D eigenvalue weighted by Gasteiger charge is 1.59. The predicted octanol–water partition coefficient (Wildman–Crippen LogP) is 1.18. The van der Waals surface area contributed by atoms with Crippen molar-refractivity contribution in [2.24, 2.45) is 0 Å². The maximum atomic E-state index is 10.9. The van der Waals surface area contributed by atoms with Crippen LogP contribution in [0.1, 0.15) is 0 Å². The maximum Gasteiger partial charge on any atom is 0.100 e. The van der Waals surface area contributed by atoms with Gasteiger partial charge in [0.15, 0.2) is 0 Å². The zero-order valence-corrected chi connectivity index (χ0v) is 4.10. The van der Waals surface area contributed by atoms with Crippen molar-refractivity contribution >= 4 is 18.8 Å². The molecule has 1 atom stereocenters. The van der Waals surface area contributed by atoms with Crippen LogP contribution in [0.4, 0.5) is 4.20 Å². The zero-order valence-electron chi connectivity index (χ0n) is 2.29. The molecule has 0 nitrogen and oxygen atoms in total. The Morgan fingerprint density at radius 2 is 2.00 bits per heavy atom. The van der Waals surface area contributed by atoms with Gasteiger partial charge >= 0.3 is 0 Å². The second kappa shape index (κ2) is 1.86. The van der Waals surface area contributed by atoms with Gasteiger partial charge in [0.2, 0.25) is 0 Å². The predicted molar refractivity (Wildman–Crippen MR) is 22.7 cm³/mol. The van der Waals surface area contributed by atoms with E-state index in [1.807, 2.05) is 0 Å². The number of hydrogen-bond donors (Lipinski definition) is 0. The first-order valence-corrected chi connectivity index (χ1v) is 3.90. The Morgan fingerprint density at radius 1 is 2.00 bits per heavy atom. The molecule has 0 aliphatic rings. The van der Waals surface area contributed by atoms with Gasteiger partial charge in [-0.3, -0.25) is 0 Å². The van der Waals surface area contributed by atoms with E-state index in [9.17, 15) is 4.20 Å². The molecule has 0 amide bonds. The summed E-state index contributed by atoms with van der Waals surface area (Å²) in [5.74, 6) is 0. The average molecular weight is 98.1 g/mol. The number of hydrogen-bond acceptors (Lipinski definition) is 1. The van der Waals surface area contributed by atoms with Crippen LogP contribution in [0.3, 0.4) is 0 Å². The lowest BCUT2D eigenvalue weighted by molar-refractivity contribution is 0.922. The second-order valence-corrected chi connectivity index (χ2v) is 3.10. The second-order valence-electron chi connectivity index (χ2n) is 0.470. The van der Waals surface area contributed by atoms with E-state index in [0.717, 1.165) is 0 Å². The SMILES string of the molecule is C[PH](F)=S. The van der Waals surface area contributed by atoms with E-state index in [1.165, 1.54) is 6.66 Å². The van der Waals surface area contributed by atoms with E-state index in [0.29, 0.717) is 0 Å². The summed E-state index contributed by atoms with van der Waals surface area (Å²) in [4.78, 5) is 0. The topological polar surface area (TPSA) is 0 Å². The molecule has 0 aromatic heterocycles. The van der Waals surface area contributed by atoms with Crippen LogP contribution < -0.4 is 0 Å². The van der Waals surface area contributed by atoms with Crippen molar-refractivity contribution in [3.8, 4) is 0 Å². The Morgan fingerprint density at radius 3 is 2.00 bits per heavy atom. The molecule has 0 aliphatic heterocycles. The minimum Gasteiger partial charge on any atom is -0.221 e. The molecule has 0 aliphatic carbocycles. The molecule has 0 spiro atoms. The van der Waals surface area contributed by atoms with Crippen molar-refractivity contribution in [2.45, 2.75) is 0 Å². The first-order valence-electron chi connectivity index (χ1n) is 0.893. The van der Waals surface area contributed by atoms with Crippen LogP contribution in [0.25, 0.3) is 0 Å². The minimum absolute atomic E-state index is 1.42. The van der Waals surface area contributed by atoms with Crippen LogP contribution in [0.2, 0.25) is 0 Å². The van der Waals surface area contributed by atoms with E-state index >= 15 is 0 Å². The van der Waals surface area contributed by atoms with Crippen molar-refractivity contribution in [2.75, 3.05) is 6.66 Å². The third kappa shape index (κ3) is 19.1. The van der Waals surface area contributed by atoms with Gasteiger partial charge in [0.05, 0.1) is 0 Å². The Kier molecular flexibility index (Phi) is 2.13. The molecule has 0 heterocycles. The molecule has 0 saturated heterocycles. The van der Waals surface area contributed by atoms with Gasteiger partial charge in [-0.25, -0.2) is 4.20 Å². The first-order chi connectivity index (χ1) is 1.73. The van der Waals surface area contributed by atoms with Gasteiger partial charge in [-0.1, -0.05) is 11.8 Å². The molecule has 0 N–H and O–H groups in total. The van der Waals surface area contributed by atoms with Gasteiger partial charge in [-0.05, 0) is 6.66 Å². The van der Waals surface area contributed by atoms with Gasteiger partial charge < -0.3 is 0 Å². The fraction of sp³-hybridized carbons (Fsp3) is 1.00. The molecular weight excluding hydrogens is 94.1 g/mol. The van der Waals surface area contributed by atoms with Crippen LogP contribution in [-0.4, -0.2) is 6.66 Å². The van der Waals surface area contributed by atoms with Crippen LogP contribution in [0.5, 0.6) is 0 Å². The van der Waals surface area contributed by atoms with Crippen LogP contribution in [0, 0.1) is 0 Å². The summed E-state index contributed by atoms with van der Waals surface area (Å²) < 4.78 is 10.9. The number of halogens is 1. The quantitative estimate of drug-likeness (QED) is 0.410. The average Bonchev–Trinajstić information content (AvgIpc) is 0.811. The van der Waals surface area contributed by atoms with E-state index < -0.39 is 7.01 Å². The van der Waals surface area contributed by atoms with Crippen molar-refractivity contribution in [3.05, 3.63) is 0 Å². The summed E-state index contributed by atoms with van der Waals surface area (Å²) in [5, 5.41) is 0. The maximum absolute atomic E-state index is 10.9. The lowest BCUT2D eigenvalue weighted by Gasteiger charge is -1.59. The Balaban J connectivity index is 2.80. The van der Waals surface area contributed by atoms with Gasteiger partial charge in [0.1, 0.15) is 7.01 Å². The molecule has 0 rings (SSSR count). The van der Waals surface area contributed by atoms with Gasteiger partial charge in [-0.15, -0.1) is 0 Å². The molecule has 3 heteroatoms. The highest BCUT2D eigenvalue weighted by atomic mass is 32.4. The van der Waals surface area contributed by atoms with Gasteiger partial charge in [0.25, 0.3) is 0 Å². The Labute approximate surface area is 30.6 Å². The highest BCUT2D eigenvalue weighted by Crippen LogP contribution is 2.12. The fourth-order valence-electron chi connectivity index (χ4n) is 0. The largest absolute Gasteiger partial charge is 0.221 e. The molecule has 0 aromatic rings. The van der Waals surface area contributed by atoms with Crippen LogP contribution >= 0.6 is 7.01 Å². The fourth-order valence-corrected chi connectivity index (χ4v) is 0. The van der Waals surface area contributed by atoms with Crippen LogP contribution in [-0.2, 0) is 11.8 Å². The summed E-state index contributed by atoms with van der Waals surface area (Å²) in [6, 6.07) is 0. The Bertz CT molecular complexity index is 31.0. The molecule has 4 heavy (non-hydrogen) atoms. The molecule has 0 fully saturated rings. The molecular formula is CH4FPS. The minimum atomic E-state index is -1.80. The lowest BCUT2D eigenvalue weighted by Crippen LogP contribution is -1.19. The van der Waals surface area contributed by atoms with Crippen molar-refractivity contribution < 1.29 is 4.20 Å². The summed E-state index contributed by atoms with van der Waals surface area (Å²) in [6.07, 6.45) is 0. The normalized spacial score (nSPS) is 15.5. The molecule has 26 valence electrons. The first kappa shape index (κ1) is 4.58. The Hall–Kier alpha value is 0.580. The van der Waals surface area contributed by atoms with E-state index in [1.54, 1.807) is 0 Å². The van der Waals surface area contributed by atoms with Crippen LogP contribution in [0.15, 0.2) is 0 Å². The van der Waals surface area contributed by atoms with E-state index in [-0.39, 0.29) is 0 Å². The summed E-state index contributed by atoms with van der Waals surface area (Å²) in [5.41, 5.74) is 0. The third-order valence-electron chi connectivity index (χ3n) is 0. The third-order valence-corrected chi connectivity index (χ3v) is 0. The summed E-state index contributed by atoms with van der Waals surface area (Å²) in [7, 11) is -1.80. The van der Waals surface area contributed by atoms with Crippen molar-refractivity contribution in [1.82, 2.24) is 0 Å². The molecule has 0 bridgehead atoms. The van der Waals surface area contributed by atoms with E-state index in [2.05, 4.69) is 11.8 Å². The standard InChI is InChI=1S/CH4FPS/c1-3(2)4/h3H,1H3.